The Morgan fingerprint density at radius 3 is 1.63 bits per heavy atom. The first kappa shape index (κ1) is 11.7. The van der Waals surface area contributed by atoms with Gasteiger partial charge in [-0.15, -0.1) is 0 Å². The van der Waals surface area contributed by atoms with Crippen LogP contribution in [0.3, 0.4) is 0 Å². The van der Waals surface area contributed by atoms with Crippen molar-refractivity contribution in [2.75, 3.05) is 0 Å². The Kier molecular flexibility index (Phi) is 2.67. The molecule has 94 valence electrons. The second-order valence-electron chi connectivity index (χ2n) is 4.60. The van der Waals surface area contributed by atoms with Crippen LogP contribution in [0.15, 0.2) is 70.6 Å². The molecule has 0 bridgehead atoms. The molecule has 0 aliphatic carbocycles. The maximum absolute atomic E-state index is 5.95. The van der Waals surface area contributed by atoms with Crippen LogP contribution in [0.25, 0.3) is 0 Å². The number of hydrogen-bond acceptors (Lipinski definition) is 3. The average Bonchev–Trinajstić information content (AvgIpc) is 2.78. The summed E-state index contributed by atoms with van der Waals surface area (Å²) in [6, 6.07) is 20.1. The van der Waals surface area contributed by atoms with Crippen molar-refractivity contribution in [3.05, 3.63) is 71.8 Å². The van der Waals surface area contributed by atoms with Gasteiger partial charge in [-0.3, -0.25) is 0 Å². The van der Waals surface area contributed by atoms with Crippen LogP contribution >= 0.6 is 0 Å². The summed E-state index contributed by atoms with van der Waals surface area (Å²) in [5.41, 5.74) is 8.06. The molecule has 2 aromatic rings. The molecule has 0 aromatic heterocycles. The number of benzene rings is 2. The molecule has 2 aromatic carbocycles. The molecule has 3 rings (SSSR count). The minimum absolute atomic E-state index is 0.507. The van der Waals surface area contributed by atoms with E-state index in [9.17, 15) is 0 Å². The van der Waals surface area contributed by atoms with Crippen molar-refractivity contribution < 1.29 is 0 Å². The van der Waals surface area contributed by atoms with Crippen LogP contribution in [0.5, 0.6) is 0 Å². The van der Waals surface area contributed by atoms with E-state index in [2.05, 4.69) is 4.99 Å². The van der Waals surface area contributed by atoms with Crippen LogP contribution in [0.2, 0.25) is 0 Å². The van der Waals surface area contributed by atoms with Crippen LogP contribution in [0.1, 0.15) is 18.1 Å². The highest BCUT2D eigenvalue weighted by Gasteiger charge is 2.37. The van der Waals surface area contributed by atoms with Crippen molar-refractivity contribution in [3.8, 4) is 0 Å². The van der Waals surface area contributed by atoms with Crippen molar-refractivity contribution in [2.24, 2.45) is 15.7 Å². The van der Waals surface area contributed by atoms with Crippen molar-refractivity contribution in [2.45, 2.75) is 12.6 Å². The van der Waals surface area contributed by atoms with Gasteiger partial charge in [-0.25, -0.2) is 9.98 Å². The molecule has 0 fully saturated rings. The van der Waals surface area contributed by atoms with Crippen LogP contribution in [-0.2, 0) is 5.66 Å². The maximum atomic E-state index is 5.95. The highest BCUT2D eigenvalue weighted by Crippen LogP contribution is 2.38. The van der Waals surface area contributed by atoms with Gasteiger partial charge in [0.15, 0.2) is 0 Å². The highest BCUT2D eigenvalue weighted by atomic mass is 15.2. The smallest absolute Gasteiger partial charge is 0.204 e. The van der Waals surface area contributed by atoms with Crippen LogP contribution in [0.4, 0.5) is 0 Å². The fourth-order valence-corrected chi connectivity index (χ4v) is 2.35. The van der Waals surface area contributed by atoms with Crippen LogP contribution in [-0.4, -0.2) is 11.5 Å². The third kappa shape index (κ3) is 1.83. The maximum Gasteiger partial charge on any atom is 0.204 e. The second kappa shape index (κ2) is 4.35. The lowest BCUT2D eigenvalue weighted by Crippen LogP contribution is -2.22. The first-order valence-electron chi connectivity index (χ1n) is 6.25. The van der Waals surface area contributed by atoms with Crippen LogP contribution < -0.4 is 5.73 Å². The molecule has 3 heteroatoms. The Labute approximate surface area is 112 Å². The first-order chi connectivity index (χ1) is 9.22. The van der Waals surface area contributed by atoms with Gasteiger partial charge >= 0.3 is 0 Å². The zero-order valence-corrected chi connectivity index (χ0v) is 10.7. The zero-order valence-electron chi connectivity index (χ0n) is 10.7. The fraction of sp³-hybridized carbons (Fsp3) is 0.125. The van der Waals surface area contributed by atoms with E-state index >= 15 is 0 Å². The molecular formula is C16H15N3. The van der Waals surface area contributed by atoms with Crippen molar-refractivity contribution in [1.82, 2.24) is 0 Å². The second-order valence-corrected chi connectivity index (χ2v) is 4.60. The summed E-state index contributed by atoms with van der Waals surface area (Å²) in [6.07, 6.45) is 0. The Bertz CT molecular complexity index is 583. The van der Waals surface area contributed by atoms with Gasteiger partial charge in [0.05, 0.1) is 5.71 Å². The highest BCUT2D eigenvalue weighted by molar-refractivity contribution is 6.41. The van der Waals surface area contributed by atoms with Gasteiger partial charge in [-0.1, -0.05) is 60.7 Å². The summed E-state index contributed by atoms with van der Waals surface area (Å²) in [4.78, 5) is 9.36. The van der Waals surface area contributed by atoms with E-state index < -0.39 is 5.66 Å². The Balaban J connectivity index is 2.25. The molecule has 0 atom stereocenters. The van der Waals surface area contributed by atoms with E-state index in [0.29, 0.717) is 5.84 Å². The van der Waals surface area contributed by atoms with E-state index in [-0.39, 0.29) is 0 Å². The number of nitrogens with two attached hydrogens (primary N) is 1. The fourth-order valence-electron chi connectivity index (χ4n) is 2.35. The van der Waals surface area contributed by atoms with Gasteiger partial charge in [0.25, 0.3) is 0 Å². The lowest BCUT2D eigenvalue weighted by Gasteiger charge is -2.24. The third-order valence-corrected chi connectivity index (χ3v) is 3.34. The summed E-state index contributed by atoms with van der Waals surface area (Å²) >= 11 is 0. The molecular weight excluding hydrogens is 234 g/mol. The van der Waals surface area contributed by atoms with E-state index in [1.165, 1.54) is 0 Å². The first-order valence-corrected chi connectivity index (χ1v) is 6.25. The summed E-state index contributed by atoms with van der Waals surface area (Å²) in [7, 11) is 0. The molecule has 0 saturated carbocycles. The van der Waals surface area contributed by atoms with Gasteiger partial charge in [0, 0.05) is 11.1 Å². The molecule has 0 amide bonds. The minimum atomic E-state index is -0.726. The quantitative estimate of drug-likeness (QED) is 0.874. The van der Waals surface area contributed by atoms with Gasteiger partial charge in [-0.2, -0.15) is 0 Å². The standard InChI is InChI=1S/C16H15N3/c1-12-15(17)19-16(18-12,13-8-4-2-5-9-13)14-10-6-3-7-11-14/h2-11H,1H3,(H2,17,19). The lowest BCUT2D eigenvalue weighted by molar-refractivity contribution is 0.588. The van der Waals surface area contributed by atoms with Gasteiger partial charge < -0.3 is 5.73 Å². The van der Waals surface area contributed by atoms with E-state index in [0.717, 1.165) is 16.8 Å². The third-order valence-electron chi connectivity index (χ3n) is 3.34. The van der Waals surface area contributed by atoms with E-state index in [1.807, 2.05) is 67.6 Å². The summed E-state index contributed by atoms with van der Waals surface area (Å²) < 4.78 is 0. The number of amidine groups is 1. The van der Waals surface area contributed by atoms with Crippen molar-refractivity contribution in [3.63, 3.8) is 0 Å². The van der Waals surface area contributed by atoms with E-state index in [1.54, 1.807) is 0 Å². The molecule has 1 aliphatic rings. The molecule has 0 unspecified atom stereocenters. The normalized spacial score (nSPS) is 16.9. The Hall–Kier alpha value is -2.42. The molecule has 0 radical (unpaired) electrons. The molecule has 2 N–H and O–H groups in total. The zero-order chi connectivity index (χ0) is 13.3. The van der Waals surface area contributed by atoms with Gasteiger partial charge in [0.1, 0.15) is 5.84 Å². The Morgan fingerprint density at radius 1 is 0.789 bits per heavy atom. The monoisotopic (exact) mass is 249 g/mol. The number of hydrogen-bond donors (Lipinski definition) is 1. The van der Waals surface area contributed by atoms with Gasteiger partial charge in [-0.05, 0) is 6.92 Å². The Morgan fingerprint density at radius 2 is 1.26 bits per heavy atom. The van der Waals surface area contributed by atoms with E-state index in [4.69, 9.17) is 10.7 Å². The molecule has 3 nitrogen and oxygen atoms in total. The van der Waals surface area contributed by atoms with Gasteiger partial charge in [0.2, 0.25) is 5.66 Å². The number of aliphatic imine (C=N–C) groups is 2. The summed E-state index contributed by atoms with van der Waals surface area (Å²) in [6.45, 7) is 1.90. The summed E-state index contributed by atoms with van der Waals surface area (Å²) in [5.74, 6) is 0.507. The molecule has 1 aliphatic heterocycles. The molecule has 0 saturated heterocycles. The lowest BCUT2D eigenvalue weighted by atomic mass is 9.92. The SMILES string of the molecule is CC1=NC(c2ccccc2)(c2ccccc2)N=C1N. The van der Waals surface area contributed by atoms with Crippen molar-refractivity contribution in [1.29, 1.82) is 0 Å². The average molecular weight is 249 g/mol. The van der Waals surface area contributed by atoms with Crippen molar-refractivity contribution >= 4 is 11.5 Å². The largest absolute Gasteiger partial charge is 0.382 e. The predicted octanol–water partition coefficient (Wildman–Crippen LogP) is 2.72. The summed E-state index contributed by atoms with van der Waals surface area (Å²) in [5, 5.41) is 0. The minimum Gasteiger partial charge on any atom is -0.382 e. The predicted molar refractivity (Wildman–Crippen MR) is 78.4 cm³/mol. The molecule has 1 heterocycles. The topological polar surface area (TPSA) is 50.7 Å². The molecule has 0 spiro atoms. The number of rotatable bonds is 2. The number of nitrogens with zero attached hydrogens (tertiary/aromatic N) is 2. The molecule has 19 heavy (non-hydrogen) atoms. The van der Waals surface area contributed by atoms with Crippen LogP contribution in [0, 0.1) is 0 Å².